The van der Waals surface area contributed by atoms with Crippen LogP contribution >= 0.6 is 0 Å². The first-order valence-electron chi connectivity index (χ1n) is 8.93. The Morgan fingerprint density at radius 1 is 0.684 bits per heavy atom. The van der Waals surface area contributed by atoms with Crippen LogP contribution in [0.1, 0.15) is 85.0 Å². The summed E-state index contributed by atoms with van der Waals surface area (Å²) < 4.78 is 0. The molecule has 0 amide bonds. The van der Waals surface area contributed by atoms with Crippen molar-refractivity contribution in [2.75, 3.05) is 0 Å². The predicted molar refractivity (Wildman–Crippen MR) is 84.4 cm³/mol. The van der Waals surface area contributed by atoms with E-state index < -0.39 is 0 Å². The summed E-state index contributed by atoms with van der Waals surface area (Å²) in [7, 11) is 0. The van der Waals surface area contributed by atoms with Gasteiger partial charge in [-0.2, -0.15) is 0 Å². The second-order valence-electron chi connectivity index (χ2n) is 7.56. The van der Waals surface area contributed by atoms with E-state index in [1.807, 2.05) is 0 Å². The molecule has 0 saturated heterocycles. The number of nitrogens with one attached hydrogen (secondary N) is 1. The maximum Gasteiger partial charge on any atom is 0.00697 e. The minimum Gasteiger partial charge on any atom is -0.311 e. The van der Waals surface area contributed by atoms with Gasteiger partial charge in [0.25, 0.3) is 0 Å². The van der Waals surface area contributed by atoms with Gasteiger partial charge in [0, 0.05) is 12.1 Å². The van der Waals surface area contributed by atoms with Crippen LogP contribution in [-0.4, -0.2) is 12.1 Å². The second-order valence-corrected chi connectivity index (χ2v) is 7.56. The lowest BCUT2D eigenvalue weighted by Crippen LogP contribution is -2.41. The molecule has 112 valence electrons. The van der Waals surface area contributed by atoms with Crippen LogP contribution in [0.25, 0.3) is 0 Å². The number of hydrogen-bond donors (Lipinski definition) is 1. The zero-order valence-electron chi connectivity index (χ0n) is 13.5. The highest BCUT2D eigenvalue weighted by atomic mass is 14.9. The predicted octanol–water partition coefficient (Wildman–Crippen LogP) is 5.15. The Morgan fingerprint density at radius 3 is 2.05 bits per heavy atom. The molecule has 2 aliphatic rings. The van der Waals surface area contributed by atoms with E-state index in [4.69, 9.17) is 0 Å². The third-order valence-electron chi connectivity index (χ3n) is 5.81. The van der Waals surface area contributed by atoms with Crippen LogP contribution in [0.3, 0.4) is 0 Å². The highest BCUT2D eigenvalue weighted by Crippen LogP contribution is 2.31. The molecule has 0 heterocycles. The van der Waals surface area contributed by atoms with Gasteiger partial charge in [-0.05, 0) is 56.8 Å². The molecule has 2 unspecified atom stereocenters. The molecule has 0 aromatic carbocycles. The van der Waals surface area contributed by atoms with Crippen LogP contribution in [0.2, 0.25) is 0 Å². The van der Waals surface area contributed by atoms with E-state index in [2.05, 4.69) is 26.1 Å². The van der Waals surface area contributed by atoms with Crippen molar-refractivity contribution in [3.05, 3.63) is 0 Å². The van der Waals surface area contributed by atoms with Crippen LogP contribution in [-0.2, 0) is 0 Å². The molecule has 0 radical (unpaired) electrons. The molecule has 19 heavy (non-hydrogen) atoms. The summed E-state index contributed by atoms with van der Waals surface area (Å²) in [6.07, 6.45) is 14.5. The Balaban J connectivity index is 1.75. The lowest BCUT2D eigenvalue weighted by atomic mass is 9.84. The minimum atomic E-state index is 0.751. The van der Waals surface area contributed by atoms with E-state index in [0.29, 0.717) is 0 Å². The molecule has 2 fully saturated rings. The third kappa shape index (κ3) is 4.77. The van der Waals surface area contributed by atoms with Crippen molar-refractivity contribution in [1.29, 1.82) is 0 Å². The first-order valence-corrected chi connectivity index (χ1v) is 8.93. The molecule has 2 saturated carbocycles. The van der Waals surface area contributed by atoms with Crippen LogP contribution in [0.15, 0.2) is 0 Å². The molecule has 0 aromatic heterocycles. The van der Waals surface area contributed by atoms with E-state index in [-0.39, 0.29) is 0 Å². The standard InChI is InChI=1S/C18H35N/c1-14(2)16-10-7-11-18(13-12-16)19-15(3)17-8-5-4-6-9-17/h14-19H,4-13H2,1-3H3/t15-,16?,18?/m0/s1. The van der Waals surface area contributed by atoms with Gasteiger partial charge in [0.2, 0.25) is 0 Å². The van der Waals surface area contributed by atoms with Crippen LogP contribution in [0, 0.1) is 17.8 Å². The summed E-state index contributed by atoms with van der Waals surface area (Å²) in [4.78, 5) is 0. The maximum atomic E-state index is 3.99. The Morgan fingerprint density at radius 2 is 1.37 bits per heavy atom. The van der Waals surface area contributed by atoms with E-state index in [0.717, 1.165) is 29.8 Å². The molecule has 1 N–H and O–H groups in total. The SMILES string of the molecule is CC(C)C1CCCC(N[C@@H](C)C2CCCCC2)CC1. The summed E-state index contributed by atoms with van der Waals surface area (Å²) in [5, 5.41) is 3.99. The largest absolute Gasteiger partial charge is 0.311 e. The van der Waals surface area contributed by atoms with Gasteiger partial charge < -0.3 is 5.32 Å². The molecule has 0 aliphatic heterocycles. The highest BCUT2D eigenvalue weighted by Gasteiger charge is 2.25. The van der Waals surface area contributed by atoms with E-state index in [1.54, 1.807) is 0 Å². The number of hydrogen-bond acceptors (Lipinski definition) is 1. The molecular formula is C18H35N. The fourth-order valence-electron chi connectivity index (χ4n) is 4.31. The second kappa shape index (κ2) is 7.67. The van der Waals surface area contributed by atoms with Crippen molar-refractivity contribution in [2.24, 2.45) is 17.8 Å². The monoisotopic (exact) mass is 265 g/mol. The lowest BCUT2D eigenvalue weighted by molar-refractivity contribution is 0.254. The highest BCUT2D eigenvalue weighted by molar-refractivity contribution is 4.82. The molecule has 3 atom stereocenters. The van der Waals surface area contributed by atoms with Gasteiger partial charge in [-0.3, -0.25) is 0 Å². The average Bonchev–Trinajstić information content (AvgIpc) is 2.65. The Hall–Kier alpha value is -0.0400. The van der Waals surface area contributed by atoms with E-state index >= 15 is 0 Å². The van der Waals surface area contributed by atoms with Crippen molar-refractivity contribution in [3.8, 4) is 0 Å². The van der Waals surface area contributed by atoms with Crippen molar-refractivity contribution >= 4 is 0 Å². The molecule has 1 heteroatoms. The minimum absolute atomic E-state index is 0.751. The van der Waals surface area contributed by atoms with Gasteiger partial charge in [0.15, 0.2) is 0 Å². The van der Waals surface area contributed by atoms with Gasteiger partial charge >= 0.3 is 0 Å². The van der Waals surface area contributed by atoms with Gasteiger partial charge in [0.1, 0.15) is 0 Å². The van der Waals surface area contributed by atoms with Gasteiger partial charge in [-0.1, -0.05) is 46.0 Å². The molecule has 2 aliphatic carbocycles. The van der Waals surface area contributed by atoms with Crippen molar-refractivity contribution < 1.29 is 0 Å². The van der Waals surface area contributed by atoms with Gasteiger partial charge in [0.05, 0.1) is 0 Å². The summed E-state index contributed by atoms with van der Waals surface area (Å²) in [6, 6.07) is 1.56. The summed E-state index contributed by atoms with van der Waals surface area (Å²) in [5.41, 5.74) is 0. The Bertz CT molecular complexity index is 242. The fraction of sp³-hybridized carbons (Fsp3) is 1.00. The van der Waals surface area contributed by atoms with E-state index in [9.17, 15) is 0 Å². The number of rotatable bonds is 4. The van der Waals surface area contributed by atoms with Gasteiger partial charge in [-0.15, -0.1) is 0 Å². The zero-order chi connectivity index (χ0) is 13.7. The average molecular weight is 265 g/mol. The van der Waals surface area contributed by atoms with Gasteiger partial charge in [-0.25, -0.2) is 0 Å². The normalized spacial score (nSPS) is 32.2. The first kappa shape index (κ1) is 15.4. The van der Waals surface area contributed by atoms with Crippen LogP contribution in [0.4, 0.5) is 0 Å². The van der Waals surface area contributed by atoms with Crippen LogP contribution in [0.5, 0.6) is 0 Å². The molecule has 0 aromatic rings. The molecular weight excluding hydrogens is 230 g/mol. The summed E-state index contributed by atoms with van der Waals surface area (Å²) >= 11 is 0. The summed E-state index contributed by atoms with van der Waals surface area (Å²) in [6.45, 7) is 7.26. The Kier molecular flexibility index (Phi) is 6.19. The molecule has 1 nitrogen and oxygen atoms in total. The van der Waals surface area contributed by atoms with Crippen molar-refractivity contribution in [3.63, 3.8) is 0 Å². The quantitative estimate of drug-likeness (QED) is 0.693. The van der Waals surface area contributed by atoms with Crippen LogP contribution < -0.4 is 5.32 Å². The zero-order valence-corrected chi connectivity index (χ0v) is 13.5. The smallest absolute Gasteiger partial charge is 0.00697 e. The molecule has 2 rings (SSSR count). The maximum absolute atomic E-state index is 3.99. The summed E-state index contributed by atoms with van der Waals surface area (Å²) in [5.74, 6) is 2.82. The lowest BCUT2D eigenvalue weighted by Gasteiger charge is -2.31. The third-order valence-corrected chi connectivity index (χ3v) is 5.81. The van der Waals surface area contributed by atoms with Crippen molar-refractivity contribution in [2.45, 2.75) is 97.1 Å². The molecule has 0 spiro atoms. The van der Waals surface area contributed by atoms with Crippen molar-refractivity contribution in [1.82, 2.24) is 5.32 Å². The molecule has 0 bridgehead atoms. The van der Waals surface area contributed by atoms with E-state index in [1.165, 1.54) is 64.2 Å². The fourth-order valence-corrected chi connectivity index (χ4v) is 4.31. The Labute approximate surface area is 120 Å². The topological polar surface area (TPSA) is 12.0 Å². The first-order chi connectivity index (χ1) is 9.16.